The summed E-state index contributed by atoms with van der Waals surface area (Å²) in [5.41, 5.74) is 0. The van der Waals surface area contributed by atoms with E-state index >= 15 is 0 Å². The average molecular weight is 285 g/mol. The van der Waals surface area contributed by atoms with Gasteiger partial charge in [0.25, 0.3) is 0 Å². The summed E-state index contributed by atoms with van der Waals surface area (Å²) >= 11 is -0.917. The fraction of sp³-hybridized carbons (Fsp3) is 0.167. The van der Waals surface area contributed by atoms with Crippen LogP contribution in [0.4, 0.5) is 0 Å². The van der Waals surface area contributed by atoms with Crippen LogP contribution in [-0.4, -0.2) is 19.6 Å². The van der Waals surface area contributed by atoms with E-state index in [1.54, 1.807) is 3.61 Å². The normalized spacial score (nSPS) is 11.0. The number of hydrogen-bond donors (Lipinski definition) is 0. The molecular weight excluding hydrogens is 272 g/mol. The fourth-order valence-corrected chi connectivity index (χ4v) is 3.43. The quantitative estimate of drug-likeness (QED) is 0.707. The van der Waals surface area contributed by atoms with Crippen molar-refractivity contribution < 1.29 is 0 Å². The van der Waals surface area contributed by atoms with Crippen molar-refractivity contribution in [2.75, 3.05) is 0 Å². The molecule has 0 aromatic heterocycles. The van der Waals surface area contributed by atoms with E-state index in [0.29, 0.717) is 0 Å². The van der Waals surface area contributed by atoms with Gasteiger partial charge in [-0.15, -0.1) is 0 Å². The summed E-state index contributed by atoms with van der Waals surface area (Å²) in [6.07, 6.45) is 0. The van der Waals surface area contributed by atoms with Gasteiger partial charge >= 0.3 is 86.3 Å². The Labute approximate surface area is 86.2 Å². The molecule has 0 N–H and O–H groups in total. The summed E-state index contributed by atoms with van der Waals surface area (Å²) in [4.78, 5) is 4.79. The Balaban J connectivity index is 2.62. The van der Waals surface area contributed by atoms with Gasteiger partial charge in [0.15, 0.2) is 0 Å². The van der Waals surface area contributed by atoms with Crippen molar-refractivity contribution in [3.05, 3.63) is 42.5 Å². The van der Waals surface area contributed by atoms with E-state index in [2.05, 4.69) is 52.4 Å². The molecule has 0 saturated carbocycles. The van der Waals surface area contributed by atoms with Crippen molar-refractivity contribution in [3.8, 4) is 0 Å². The standard InChI is InChI=1S/C12H13Te/c1-13(2)12-8-7-10-5-3-4-6-11(10)9-12/h3-9H,1-2H3/q+1. The van der Waals surface area contributed by atoms with Gasteiger partial charge in [0.1, 0.15) is 0 Å². The molecule has 0 radical (unpaired) electrons. The predicted octanol–water partition coefficient (Wildman–Crippen LogP) is 2.80. The monoisotopic (exact) mass is 287 g/mol. The van der Waals surface area contributed by atoms with Crippen LogP contribution in [0.25, 0.3) is 10.8 Å². The first-order valence-electron chi connectivity index (χ1n) is 4.34. The third kappa shape index (κ3) is 1.88. The molecule has 0 atom stereocenters. The Kier molecular flexibility index (Phi) is 2.58. The summed E-state index contributed by atoms with van der Waals surface area (Å²) in [5.74, 6) is 0. The molecule has 0 aliphatic rings. The maximum absolute atomic E-state index is 2.40. The summed E-state index contributed by atoms with van der Waals surface area (Å²) < 4.78 is 1.59. The Morgan fingerprint density at radius 2 is 1.54 bits per heavy atom. The van der Waals surface area contributed by atoms with Crippen LogP contribution in [0, 0.1) is 0 Å². The fourth-order valence-electron chi connectivity index (χ4n) is 1.42. The molecule has 0 amide bonds. The number of fused-ring (bicyclic) bond motifs is 1. The van der Waals surface area contributed by atoms with Crippen LogP contribution in [0.3, 0.4) is 0 Å². The second-order valence-corrected chi connectivity index (χ2v) is 9.33. The van der Waals surface area contributed by atoms with E-state index in [1.165, 1.54) is 10.8 Å². The van der Waals surface area contributed by atoms with Gasteiger partial charge in [0.2, 0.25) is 0 Å². The first-order valence-corrected chi connectivity index (χ1v) is 10.2. The number of hydrogen-bond acceptors (Lipinski definition) is 0. The summed E-state index contributed by atoms with van der Waals surface area (Å²) in [7, 11) is 0. The molecule has 0 aliphatic heterocycles. The van der Waals surface area contributed by atoms with Crippen LogP contribution >= 0.6 is 0 Å². The number of benzene rings is 2. The molecule has 0 fully saturated rings. The second-order valence-electron chi connectivity index (χ2n) is 3.33. The minimum absolute atomic E-state index is 0.917. The summed E-state index contributed by atoms with van der Waals surface area (Å²) in [6, 6.07) is 15.5. The van der Waals surface area contributed by atoms with Gasteiger partial charge in [-0.25, -0.2) is 0 Å². The van der Waals surface area contributed by atoms with Crippen molar-refractivity contribution in [3.63, 3.8) is 0 Å². The van der Waals surface area contributed by atoms with E-state index < -0.39 is 19.6 Å². The third-order valence-corrected chi connectivity index (χ3v) is 5.61. The molecule has 13 heavy (non-hydrogen) atoms. The molecule has 66 valence electrons. The first-order chi connectivity index (χ1) is 6.27. The number of rotatable bonds is 1. The van der Waals surface area contributed by atoms with Gasteiger partial charge < -0.3 is 0 Å². The van der Waals surface area contributed by atoms with Crippen LogP contribution in [0.2, 0.25) is 9.94 Å². The summed E-state index contributed by atoms with van der Waals surface area (Å²) in [6.45, 7) is 0. The van der Waals surface area contributed by atoms with Crippen molar-refractivity contribution in [1.29, 1.82) is 0 Å². The topological polar surface area (TPSA) is 0 Å². The van der Waals surface area contributed by atoms with Gasteiger partial charge in [0.05, 0.1) is 0 Å². The zero-order valence-electron chi connectivity index (χ0n) is 7.95. The molecule has 0 aliphatic carbocycles. The van der Waals surface area contributed by atoms with Crippen LogP contribution in [0.15, 0.2) is 42.5 Å². The van der Waals surface area contributed by atoms with E-state index in [0.717, 1.165) is 0 Å². The molecule has 0 unspecified atom stereocenters. The molecule has 0 heterocycles. The van der Waals surface area contributed by atoms with E-state index in [-0.39, 0.29) is 0 Å². The molecule has 2 rings (SSSR count). The average Bonchev–Trinajstić information content (AvgIpc) is 2.17. The third-order valence-electron chi connectivity index (χ3n) is 2.19. The molecule has 2 aromatic carbocycles. The van der Waals surface area contributed by atoms with E-state index in [9.17, 15) is 0 Å². The van der Waals surface area contributed by atoms with Crippen LogP contribution < -0.4 is 3.61 Å². The van der Waals surface area contributed by atoms with Crippen molar-refractivity contribution in [2.45, 2.75) is 9.94 Å². The van der Waals surface area contributed by atoms with Crippen LogP contribution in [0.5, 0.6) is 0 Å². The molecule has 1 heteroatoms. The van der Waals surface area contributed by atoms with Crippen LogP contribution in [-0.2, 0) is 0 Å². The van der Waals surface area contributed by atoms with Crippen molar-refractivity contribution in [1.82, 2.24) is 0 Å². The van der Waals surface area contributed by atoms with Gasteiger partial charge in [-0.2, -0.15) is 0 Å². The Morgan fingerprint density at radius 3 is 2.23 bits per heavy atom. The molecule has 2 aromatic rings. The first kappa shape index (κ1) is 9.06. The molecular formula is C12H13Te+. The molecule has 0 spiro atoms. The SMILES string of the molecule is C[Te+](C)c1ccc2ccccc2c1. The van der Waals surface area contributed by atoms with Crippen molar-refractivity contribution in [2.24, 2.45) is 0 Å². The van der Waals surface area contributed by atoms with Gasteiger partial charge in [-0.05, 0) is 0 Å². The zero-order chi connectivity index (χ0) is 9.26. The Bertz CT molecular complexity index is 418. The molecule has 0 nitrogen and oxygen atoms in total. The summed E-state index contributed by atoms with van der Waals surface area (Å²) in [5, 5.41) is 2.74. The minimum atomic E-state index is -0.917. The Hall–Kier alpha value is -0.510. The van der Waals surface area contributed by atoms with E-state index in [1.807, 2.05) is 0 Å². The predicted molar refractivity (Wildman–Crippen MR) is 61.1 cm³/mol. The van der Waals surface area contributed by atoms with Gasteiger partial charge in [-0.1, -0.05) is 0 Å². The Morgan fingerprint density at radius 1 is 0.846 bits per heavy atom. The second kappa shape index (κ2) is 3.70. The van der Waals surface area contributed by atoms with Crippen molar-refractivity contribution >= 4 is 33.9 Å². The van der Waals surface area contributed by atoms with Gasteiger partial charge in [0, 0.05) is 0 Å². The van der Waals surface area contributed by atoms with Crippen LogP contribution in [0.1, 0.15) is 0 Å². The molecule has 0 saturated heterocycles. The van der Waals surface area contributed by atoms with E-state index in [4.69, 9.17) is 0 Å². The zero-order valence-corrected chi connectivity index (χ0v) is 10.3. The molecule has 0 bridgehead atoms. The van der Waals surface area contributed by atoms with Gasteiger partial charge in [-0.3, -0.25) is 0 Å². The maximum atomic E-state index is 2.40.